The summed E-state index contributed by atoms with van der Waals surface area (Å²) in [5, 5.41) is 11.5. The van der Waals surface area contributed by atoms with E-state index in [1.54, 1.807) is 46.5 Å². The van der Waals surface area contributed by atoms with Gasteiger partial charge in [-0.15, -0.1) is 10.2 Å². The molecule has 6 aliphatic heterocycles. The van der Waals surface area contributed by atoms with Gasteiger partial charge in [0, 0.05) is 88.1 Å². The van der Waals surface area contributed by atoms with Crippen molar-refractivity contribution in [2.24, 2.45) is 0 Å². The standard InChI is InChI=1S/2C24H28ClF2N7O2/c2*1-6-13-7-19(30-21(29-13)24(5,26)27)34-17-9-18(25)28-10-16(17)20(31-34)32-11-14-8-15(12-32)33(14)22(35)36-23(2,3)4/h2*7,9-10,14-15H,6,8,11-12H2,1-5H3. The van der Waals surface area contributed by atoms with Crippen LogP contribution in [0.1, 0.15) is 105 Å². The van der Waals surface area contributed by atoms with Gasteiger partial charge in [0.2, 0.25) is 11.6 Å². The highest BCUT2D eigenvalue weighted by Gasteiger charge is 2.51. The minimum atomic E-state index is -3.20. The van der Waals surface area contributed by atoms with Crippen LogP contribution in [0.3, 0.4) is 0 Å². The molecule has 24 heteroatoms. The van der Waals surface area contributed by atoms with E-state index in [4.69, 9.17) is 42.9 Å². The third-order valence-electron chi connectivity index (χ3n) is 12.7. The lowest BCUT2D eigenvalue weighted by atomic mass is 9.88. The zero-order valence-electron chi connectivity index (χ0n) is 41.6. The van der Waals surface area contributed by atoms with Crippen molar-refractivity contribution in [2.45, 2.75) is 142 Å². The second-order valence-electron chi connectivity index (χ2n) is 20.8. The highest BCUT2D eigenvalue weighted by atomic mass is 35.5. The normalized spacial score (nSPS) is 20.0. The van der Waals surface area contributed by atoms with Crippen LogP contribution in [0.25, 0.3) is 33.4 Å². The van der Waals surface area contributed by atoms with E-state index in [0.29, 0.717) is 83.9 Å². The fraction of sp³-hybridized carbons (Fsp3) is 0.542. The average Bonchev–Trinajstić information content (AvgIpc) is 3.85. The van der Waals surface area contributed by atoms with Gasteiger partial charge >= 0.3 is 24.0 Å². The average molecular weight is 1040 g/mol. The summed E-state index contributed by atoms with van der Waals surface area (Å²) in [4.78, 5) is 57.9. The number of halogens is 6. The van der Waals surface area contributed by atoms with E-state index in [2.05, 4.69) is 39.7 Å². The van der Waals surface area contributed by atoms with E-state index < -0.39 is 34.7 Å². The second-order valence-corrected chi connectivity index (χ2v) is 21.5. The lowest BCUT2D eigenvalue weighted by Crippen LogP contribution is -2.70. The molecule has 4 atom stereocenters. The number of hydrogen-bond acceptors (Lipinski definition) is 14. The van der Waals surface area contributed by atoms with E-state index in [0.717, 1.165) is 26.7 Å². The van der Waals surface area contributed by atoms with Gasteiger partial charge in [-0.2, -0.15) is 17.6 Å². The molecule has 6 saturated heterocycles. The minimum absolute atomic E-state index is 0.00445. The summed E-state index contributed by atoms with van der Waals surface area (Å²) in [5.41, 5.74) is 1.02. The number of piperazine rings is 2. The van der Waals surface area contributed by atoms with Gasteiger partial charge in [0.15, 0.2) is 23.3 Å². The lowest BCUT2D eigenvalue weighted by Gasteiger charge is -2.55. The molecule has 2 amide bonds. The van der Waals surface area contributed by atoms with E-state index in [9.17, 15) is 27.2 Å². The number of rotatable bonds is 8. The molecule has 18 nitrogen and oxygen atoms in total. The number of nitrogens with zero attached hydrogens (tertiary/aromatic N) is 14. The Balaban J connectivity index is 0.000000178. The Hall–Kier alpha value is -6.16. The SMILES string of the molecule is CCc1cc(-n2nc(N3CC4CC(C3)N4C(=O)OC(C)(C)C)c3cnc(Cl)cc32)nc(C(C)(F)F)n1.CCc1cc(-n2nc(N3CC4CC(C3)N4C(=O)OC(C)(C)C)c3cnc(Cl)cc32)nc(C(C)(F)F)n1. The number of anilines is 2. The molecule has 6 fully saturated rings. The molecule has 6 aliphatic rings. The molecule has 0 spiro atoms. The first-order chi connectivity index (χ1) is 33.7. The van der Waals surface area contributed by atoms with Crippen LogP contribution in [0, 0.1) is 0 Å². The van der Waals surface area contributed by atoms with Gasteiger partial charge < -0.3 is 19.3 Å². The first kappa shape index (κ1) is 50.8. The van der Waals surface area contributed by atoms with Crippen LogP contribution >= 0.6 is 23.2 Å². The third-order valence-corrected chi connectivity index (χ3v) is 13.1. The molecule has 0 saturated carbocycles. The van der Waals surface area contributed by atoms with Gasteiger partial charge in [0.1, 0.15) is 21.5 Å². The van der Waals surface area contributed by atoms with Gasteiger partial charge in [-0.05, 0) is 67.2 Å². The van der Waals surface area contributed by atoms with Crippen molar-refractivity contribution in [3.63, 3.8) is 0 Å². The number of alkyl halides is 4. The molecule has 12 rings (SSSR count). The van der Waals surface area contributed by atoms with Crippen LogP contribution in [0.4, 0.5) is 38.8 Å². The van der Waals surface area contributed by atoms with Crippen LogP contribution in [0.2, 0.25) is 10.3 Å². The van der Waals surface area contributed by atoms with Crippen LogP contribution in [-0.2, 0) is 34.2 Å². The maximum absolute atomic E-state index is 14.2. The first-order valence-electron chi connectivity index (χ1n) is 23.8. The van der Waals surface area contributed by atoms with Crippen LogP contribution in [0.5, 0.6) is 0 Å². The Labute approximate surface area is 423 Å². The zero-order valence-corrected chi connectivity index (χ0v) is 43.1. The van der Waals surface area contributed by atoms with Crippen molar-refractivity contribution >= 4 is 68.8 Å². The van der Waals surface area contributed by atoms with Crippen molar-refractivity contribution < 1.29 is 36.6 Å². The van der Waals surface area contributed by atoms with Gasteiger partial charge in [-0.3, -0.25) is 9.80 Å². The fourth-order valence-electron chi connectivity index (χ4n) is 9.49. The number of piperidine rings is 2. The molecule has 384 valence electrons. The second kappa shape index (κ2) is 18.4. The first-order valence-corrected chi connectivity index (χ1v) is 24.6. The highest BCUT2D eigenvalue weighted by Crippen LogP contribution is 2.41. The highest BCUT2D eigenvalue weighted by molar-refractivity contribution is 6.30. The molecule has 0 aromatic carbocycles. The lowest BCUT2D eigenvalue weighted by molar-refractivity contribution is -0.0389. The summed E-state index contributed by atoms with van der Waals surface area (Å²) in [6, 6.07) is 6.57. The number of carbonyl (C=O) groups is 2. The molecule has 0 aliphatic carbocycles. The Morgan fingerprint density at radius 2 is 0.931 bits per heavy atom. The van der Waals surface area contributed by atoms with Crippen LogP contribution in [0.15, 0.2) is 36.7 Å². The van der Waals surface area contributed by atoms with Gasteiger partial charge in [-0.25, -0.2) is 48.9 Å². The summed E-state index contributed by atoms with van der Waals surface area (Å²) in [5.74, 6) is -5.80. The summed E-state index contributed by atoms with van der Waals surface area (Å²) < 4.78 is 70.8. The van der Waals surface area contributed by atoms with Crippen molar-refractivity contribution in [3.05, 3.63) is 70.0 Å². The maximum atomic E-state index is 14.2. The monoisotopic (exact) mass is 1040 g/mol. The predicted molar refractivity (Wildman–Crippen MR) is 262 cm³/mol. The number of amides is 2. The number of aromatic nitrogens is 10. The molecule has 0 radical (unpaired) electrons. The van der Waals surface area contributed by atoms with E-state index >= 15 is 0 Å². The summed E-state index contributed by atoms with van der Waals surface area (Å²) in [6.45, 7) is 18.6. The molecular formula is C48H56Cl2F4N14O4. The number of ether oxygens (including phenoxy) is 2. The third kappa shape index (κ3) is 10.1. The summed E-state index contributed by atoms with van der Waals surface area (Å²) in [6.07, 6.45) is 5.32. The Bertz CT molecular complexity index is 2850. The maximum Gasteiger partial charge on any atom is 0.410 e. The molecule has 0 N–H and O–H groups in total. The molecule has 72 heavy (non-hydrogen) atoms. The van der Waals surface area contributed by atoms with Crippen molar-refractivity contribution in [1.82, 2.24) is 59.3 Å². The predicted octanol–water partition coefficient (Wildman–Crippen LogP) is 9.47. The van der Waals surface area contributed by atoms with E-state index in [-0.39, 0.29) is 58.3 Å². The molecule has 6 aromatic rings. The Morgan fingerprint density at radius 3 is 1.24 bits per heavy atom. The number of fused-ring (bicyclic) bond motifs is 6. The Morgan fingerprint density at radius 1 is 0.583 bits per heavy atom. The van der Waals surface area contributed by atoms with Gasteiger partial charge in [0.05, 0.1) is 46.0 Å². The summed E-state index contributed by atoms with van der Waals surface area (Å²) >= 11 is 12.4. The van der Waals surface area contributed by atoms with Crippen molar-refractivity contribution in [3.8, 4) is 11.6 Å². The van der Waals surface area contributed by atoms with Crippen molar-refractivity contribution in [2.75, 3.05) is 36.0 Å². The largest absolute Gasteiger partial charge is 0.444 e. The van der Waals surface area contributed by atoms with Crippen molar-refractivity contribution in [1.29, 1.82) is 0 Å². The molecular weight excluding hydrogens is 984 g/mol. The quantitative estimate of drug-likeness (QED) is 0.104. The smallest absolute Gasteiger partial charge is 0.410 e. The van der Waals surface area contributed by atoms with Gasteiger partial charge in [-0.1, -0.05) is 37.0 Å². The number of aryl methyl sites for hydroxylation is 2. The number of carbonyl (C=O) groups excluding carboxylic acids is 2. The molecule has 12 heterocycles. The molecule has 4 bridgehead atoms. The van der Waals surface area contributed by atoms with Crippen LogP contribution in [-0.4, -0.2) is 133 Å². The fourth-order valence-corrected chi connectivity index (χ4v) is 9.79. The topological polar surface area (TPSA) is 179 Å². The van der Waals surface area contributed by atoms with Crippen LogP contribution < -0.4 is 9.80 Å². The number of pyridine rings is 2. The Kier molecular flexibility index (Phi) is 13.0. The van der Waals surface area contributed by atoms with E-state index in [1.165, 1.54) is 9.36 Å². The van der Waals surface area contributed by atoms with Gasteiger partial charge in [0.25, 0.3) is 0 Å². The minimum Gasteiger partial charge on any atom is -0.444 e. The number of hydrogen-bond donors (Lipinski definition) is 0. The molecule has 6 aromatic heterocycles. The van der Waals surface area contributed by atoms with E-state index in [1.807, 2.05) is 55.4 Å². The molecule has 4 unspecified atom stereocenters. The summed E-state index contributed by atoms with van der Waals surface area (Å²) in [7, 11) is 0. The zero-order chi connectivity index (χ0) is 52.0.